The van der Waals surface area contributed by atoms with Crippen molar-refractivity contribution in [3.63, 3.8) is 0 Å². The first-order valence-electron chi connectivity index (χ1n) is 6.18. The van der Waals surface area contributed by atoms with Gasteiger partial charge in [0.15, 0.2) is 12.4 Å². The SMILES string of the molecule is CNCc1ccc([N+](=O)[O-])c(OCC(=O)OC(C)C)c1. The number of benzene rings is 1. The molecule has 7 heteroatoms. The molecule has 0 aromatic heterocycles. The second-order valence-electron chi connectivity index (χ2n) is 4.42. The molecule has 0 fully saturated rings. The number of ether oxygens (including phenoxy) is 2. The number of nitrogens with zero attached hydrogens (tertiary/aromatic N) is 1. The van der Waals surface area contributed by atoms with E-state index in [1.807, 2.05) is 0 Å². The molecule has 0 heterocycles. The first kappa shape index (κ1) is 15.9. The van der Waals surface area contributed by atoms with Crippen LogP contribution in [-0.4, -0.2) is 30.7 Å². The van der Waals surface area contributed by atoms with Gasteiger partial charge in [0.25, 0.3) is 0 Å². The fourth-order valence-corrected chi connectivity index (χ4v) is 1.57. The summed E-state index contributed by atoms with van der Waals surface area (Å²) in [6, 6.07) is 4.53. The number of carbonyl (C=O) groups excluding carboxylic acids is 1. The topological polar surface area (TPSA) is 90.7 Å². The van der Waals surface area contributed by atoms with E-state index < -0.39 is 10.9 Å². The zero-order valence-corrected chi connectivity index (χ0v) is 11.7. The van der Waals surface area contributed by atoms with E-state index in [0.29, 0.717) is 6.54 Å². The van der Waals surface area contributed by atoms with Crippen molar-refractivity contribution in [2.75, 3.05) is 13.7 Å². The summed E-state index contributed by atoms with van der Waals surface area (Å²) in [5.74, 6) is -0.503. The maximum absolute atomic E-state index is 11.4. The summed E-state index contributed by atoms with van der Waals surface area (Å²) in [5, 5.41) is 13.8. The number of nitro groups is 1. The second kappa shape index (κ2) is 7.44. The highest BCUT2D eigenvalue weighted by atomic mass is 16.6. The number of esters is 1. The lowest BCUT2D eigenvalue weighted by Gasteiger charge is -2.10. The predicted octanol–water partition coefficient (Wildman–Crippen LogP) is 1.64. The number of rotatable bonds is 7. The van der Waals surface area contributed by atoms with E-state index in [0.717, 1.165) is 5.56 Å². The molecule has 0 bridgehead atoms. The average Bonchev–Trinajstić information content (AvgIpc) is 2.36. The standard InChI is InChI=1S/C13H18N2O5/c1-9(2)20-13(16)8-19-12-6-10(7-14-3)4-5-11(12)15(17)18/h4-6,9,14H,7-8H2,1-3H3. The van der Waals surface area contributed by atoms with Crippen molar-refractivity contribution in [1.82, 2.24) is 5.32 Å². The Kier molecular flexibility index (Phi) is 5.92. The van der Waals surface area contributed by atoms with E-state index in [1.165, 1.54) is 12.1 Å². The van der Waals surface area contributed by atoms with E-state index >= 15 is 0 Å². The fourth-order valence-electron chi connectivity index (χ4n) is 1.57. The maximum atomic E-state index is 11.4. The molecule has 110 valence electrons. The molecule has 0 amide bonds. The second-order valence-corrected chi connectivity index (χ2v) is 4.42. The van der Waals surface area contributed by atoms with Gasteiger partial charge in [-0.1, -0.05) is 6.07 Å². The minimum atomic E-state index is -0.562. The molecule has 1 aromatic rings. The molecule has 0 spiro atoms. The van der Waals surface area contributed by atoms with Crippen molar-refractivity contribution >= 4 is 11.7 Å². The smallest absolute Gasteiger partial charge is 0.344 e. The first-order valence-corrected chi connectivity index (χ1v) is 6.18. The Bertz CT molecular complexity index is 488. The molecule has 0 aliphatic heterocycles. The highest BCUT2D eigenvalue weighted by Gasteiger charge is 2.17. The molecule has 7 nitrogen and oxygen atoms in total. The molecule has 1 rings (SSSR count). The molecule has 0 saturated carbocycles. The van der Waals surface area contributed by atoms with Gasteiger partial charge in [-0.2, -0.15) is 0 Å². The van der Waals surface area contributed by atoms with Crippen LogP contribution in [0.1, 0.15) is 19.4 Å². The van der Waals surface area contributed by atoms with Crippen molar-refractivity contribution in [3.05, 3.63) is 33.9 Å². The van der Waals surface area contributed by atoms with Crippen LogP contribution in [0.25, 0.3) is 0 Å². The summed E-state index contributed by atoms with van der Waals surface area (Å²) in [4.78, 5) is 21.7. The molecule has 0 aliphatic carbocycles. The number of nitrogens with one attached hydrogen (secondary N) is 1. The summed E-state index contributed by atoms with van der Waals surface area (Å²) in [5.41, 5.74) is 0.646. The van der Waals surface area contributed by atoms with Crippen molar-refractivity contribution < 1.29 is 19.2 Å². The summed E-state index contributed by atoms with van der Waals surface area (Å²) >= 11 is 0. The highest BCUT2D eigenvalue weighted by molar-refractivity contribution is 5.71. The molecule has 0 aliphatic rings. The van der Waals surface area contributed by atoms with E-state index in [4.69, 9.17) is 9.47 Å². The molecule has 0 radical (unpaired) electrons. The van der Waals surface area contributed by atoms with Crippen LogP contribution in [0.2, 0.25) is 0 Å². The molecular formula is C13H18N2O5. The number of hydrogen-bond donors (Lipinski definition) is 1. The zero-order valence-electron chi connectivity index (χ0n) is 11.7. The van der Waals surface area contributed by atoms with Gasteiger partial charge >= 0.3 is 11.7 Å². The van der Waals surface area contributed by atoms with Crippen molar-refractivity contribution in [2.24, 2.45) is 0 Å². The molecule has 0 unspecified atom stereocenters. The summed E-state index contributed by atoms with van der Waals surface area (Å²) in [6.07, 6.45) is -0.253. The van der Waals surface area contributed by atoms with Crippen molar-refractivity contribution in [1.29, 1.82) is 0 Å². The lowest BCUT2D eigenvalue weighted by molar-refractivity contribution is -0.385. The lowest BCUT2D eigenvalue weighted by atomic mass is 10.2. The lowest BCUT2D eigenvalue weighted by Crippen LogP contribution is -2.19. The molecule has 1 N–H and O–H groups in total. The Labute approximate surface area is 117 Å². The molecule has 0 atom stereocenters. The zero-order chi connectivity index (χ0) is 15.1. The third kappa shape index (κ3) is 4.85. The van der Waals surface area contributed by atoms with Gasteiger partial charge in [0.2, 0.25) is 0 Å². The van der Waals surface area contributed by atoms with Crippen LogP contribution in [0, 0.1) is 10.1 Å². The largest absolute Gasteiger partial charge is 0.475 e. The number of hydrogen-bond acceptors (Lipinski definition) is 6. The van der Waals surface area contributed by atoms with Gasteiger partial charge in [0, 0.05) is 12.6 Å². The van der Waals surface area contributed by atoms with Crippen LogP contribution in [-0.2, 0) is 16.1 Å². The third-order valence-electron chi connectivity index (χ3n) is 2.31. The predicted molar refractivity (Wildman–Crippen MR) is 72.6 cm³/mol. The molecule has 20 heavy (non-hydrogen) atoms. The van der Waals surface area contributed by atoms with Gasteiger partial charge in [-0.05, 0) is 32.5 Å². The first-order chi connectivity index (χ1) is 9.43. The monoisotopic (exact) mass is 282 g/mol. The van der Waals surface area contributed by atoms with E-state index in [2.05, 4.69) is 5.32 Å². The Morgan fingerprint density at radius 3 is 2.70 bits per heavy atom. The highest BCUT2D eigenvalue weighted by Crippen LogP contribution is 2.28. The van der Waals surface area contributed by atoms with Crippen LogP contribution >= 0.6 is 0 Å². The maximum Gasteiger partial charge on any atom is 0.344 e. The van der Waals surface area contributed by atoms with Gasteiger partial charge in [-0.25, -0.2) is 4.79 Å². The van der Waals surface area contributed by atoms with Crippen molar-refractivity contribution in [3.8, 4) is 5.75 Å². The molecular weight excluding hydrogens is 264 g/mol. The molecule has 1 aromatic carbocycles. The van der Waals surface area contributed by atoms with E-state index in [1.54, 1.807) is 27.0 Å². The van der Waals surface area contributed by atoms with Crippen molar-refractivity contribution in [2.45, 2.75) is 26.5 Å². The van der Waals surface area contributed by atoms with E-state index in [9.17, 15) is 14.9 Å². The van der Waals surface area contributed by atoms with Gasteiger partial charge in [0.1, 0.15) is 0 Å². The molecule has 0 saturated heterocycles. The third-order valence-corrected chi connectivity index (χ3v) is 2.31. The Hall–Kier alpha value is -2.15. The average molecular weight is 282 g/mol. The van der Waals surface area contributed by atoms with Gasteiger partial charge < -0.3 is 14.8 Å². The Morgan fingerprint density at radius 1 is 1.45 bits per heavy atom. The minimum Gasteiger partial charge on any atom is -0.475 e. The number of nitro benzene ring substituents is 1. The Morgan fingerprint density at radius 2 is 2.15 bits per heavy atom. The van der Waals surface area contributed by atoms with Crippen LogP contribution < -0.4 is 10.1 Å². The number of carbonyl (C=O) groups is 1. The van der Waals surface area contributed by atoms with Gasteiger partial charge in [-0.15, -0.1) is 0 Å². The Balaban J connectivity index is 2.82. The fraction of sp³-hybridized carbons (Fsp3) is 0.462. The van der Waals surface area contributed by atoms with Crippen LogP contribution in [0.4, 0.5) is 5.69 Å². The van der Waals surface area contributed by atoms with E-state index in [-0.39, 0.29) is 24.1 Å². The quantitative estimate of drug-likeness (QED) is 0.464. The van der Waals surface area contributed by atoms with Crippen LogP contribution in [0.3, 0.4) is 0 Å². The summed E-state index contributed by atoms with van der Waals surface area (Å²) < 4.78 is 10.1. The minimum absolute atomic E-state index is 0.0588. The van der Waals surface area contributed by atoms with Gasteiger partial charge in [-0.3, -0.25) is 10.1 Å². The van der Waals surface area contributed by atoms with Crippen LogP contribution in [0.5, 0.6) is 5.75 Å². The van der Waals surface area contributed by atoms with Crippen LogP contribution in [0.15, 0.2) is 18.2 Å². The summed E-state index contributed by atoms with van der Waals surface area (Å²) in [7, 11) is 1.77. The summed E-state index contributed by atoms with van der Waals surface area (Å²) in [6.45, 7) is 3.62. The van der Waals surface area contributed by atoms with Gasteiger partial charge in [0.05, 0.1) is 11.0 Å². The normalized spacial score (nSPS) is 10.4.